The lowest BCUT2D eigenvalue weighted by molar-refractivity contribution is 1.40. The van der Waals surface area contributed by atoms with Gasteiger partial charge in [-0.15, -0.1) is 11.3 Å². The van der Waals surface area contributed by atoms with Crippen molar-refractivity contribution in [1.82, 2.24) is 4.98 Å². The van der Waals surface area contributed by atoms with Crippen LogP contribution in [0.2, 0.25) is 0 Å². The van der Waals surface area contributed by atoms with Crippen molar-refractivity contribution in [2.24, 2.45) is 0 Å². The van der Waals surface area contributed by atoms with E-state index in [1.54, 1.807) is 17.5 Å². The van der Waals surface area contributed by atoms with Crippen molar-refractivity contribution in [3.05, 3.63) is 64.1 Å². The minimum atomic E-state index is 0.661. The van der Waals surface area contributed by atoms with E-state index in [1.807, 2.05) is 42.5 Å². The molecule has 0 unspecified atom stereocenters. The topological polar surface area (TPSA) is 36.7 Å². The maximum Gasteiger partial charge on any atom is 0.125 e. The molecule has 1 heterocycles. The molecule has 0 spiro atoms. The molecule has 1 radical (unpaired) electrons. The Kier molecular flexibility index (Phi) is 3.64. The van der Waals surface area contributed by atoms with Crippen molar-refractivity contribution >= 4 is 27.3 Å². The second-order valence-electron chi connectivity index (χ2n) is 4.14. The summed E-state index contributed by atoms with van der Waals surface area (Å²) in [5.74, 6) is 0. The molecule has 0 aliphatic heterocycles. The summed E-state index contributed by atoms with van der Waals surface area (Å²) in [5.41, 5.74) is 3.68. The summed E-state index contributed by atoms with van der Waals surface area (Å²) in [4.78, 5) is 4.35. The van der Waals surface area contributed by atoms with Gasteiger partial charge in [-0.05, 0) is 39.2 Å². The van der Waals surface area contributed by atoms with Crippen LogP contribution >= 0.6 is 27.3 Å². The average molecular weight is 340 g/mol. The molecule has 0 aliphatic rings. The molecule has 20 heavy (non-hydrogen) atoms. The van der Waals surface area contributed by atoms with E-state index in [0.717, 1.165) is 25.5 Å². The third kappa shape index (κ3) is 2.64. The highest BCUT2D eigenvalue weighted by molar-refractivity contribution is 9.11. The summed E-state index contributed by atoms with van der Waals surface area (Å²) in [6.45, 7) is 0. The second kappa shape index (κ2) is 5.58. The molecule has 0 saturated carbocycles. The maximum absolute atomic E-state index is 8.83. The SMILES string of the molecule is N#Cc1ccc(-c2[c]c(-c3ncc(Br)s3)ccc2)cc1. The van der Waals surface area contributed by atoms with Gasteiger partial charge in [0.2, 0.25) is 0 Å². The van der Waals surface area contributed by atoms with Gasteiger partial charge in [-0.3, -0.25) is 0 Å². The number of aromatic nitrogens is 1. The molecule has 0 N–H and O–H groups in total. The van der Waals surface area contributed by atoms with Crippen molar-refractivity contribution in [1.29, 1.82) is 5.26 Å². The van der Waals surface area contributed by atoms with Gasteiger partial charge in [0, 0.05) is 11.6 Å². The smallest absolute Gasteiger partial charge is 0.125 e. The number of thiazole rings is 1. The number of nitrogens with zero attached hydrogens (tertiary/aromatic N) is 2. The molecule has 95 valence electrons. The number of hydrogen-bond acceptors (Lipinski definition) is 3. The summed E-state index contributed by atoms with van der Waals surface area (Å²) in [6.07, 6.45) is 1.79. The molecule has 0 amide bonds. The fourth-order valence-electron chi connectivity index (χ4n) is 1.87. The number of rotatable bonds is 2. The summed E-state index contributed by atoms with van der Waals surface area (Å²) in [5, 5.41) is 9.76. The molecule has 1 aromatic heterocycles. The Morgan fingerprint density at radius 3 is 2.50 bits per heavy atom. The van der Waals surface area contributed by atoms with Gasteiger partial charge in [0.25, 0.3) is 0 Å². The number of halogens is 1. The molecule has 2 aromatic carbocycles. The van der Waals surface area contributed by atoms with Gasteiger partial charge in [0.15, 0.2) is 0 Å². The van der Waals surface area contributed by atoms with Gasteiger partial charge in [0.05, 0.1) is 21.6 Å². The van der Waals surface area contributed by atoms with Crippen LogP contribution in [0.4, 0.5) is 0 Å². The van der Waals surface area contributed by atoms with E-state index in [9.17, 15) is 0 Å². The summed E-state index contributed by atoms with van der Waals surface area (Å²) >= 11 is 5.00. The van der Waals surface area contributed by atoms with Gasteiger partial charge in [0.1, 0.15) is 5.01 Å². The third-order valence-corrected chi connectivity index (χ3v) is 4.34. The Morgan fingerprint density at radius 1 is 1.10 bits per heavy atom. The molecule has 3 aromatic rings. The Labute approximate surface area is 129 Å². The van der Waals surface area contributed by atoms with E-state index in [-0.39, 0.29) is 0 Å². The van der Waals surface area contributed by atoms with Crippen molar-refractivity contribution in [2.45, 2.75) is 0 Å². The Morgan fingerprint density at radius 2 is 1.85 bits per heavy atom. The first-order valence-corrected chi connectivity index (χ1v) is 7.52. The van der Waals surface area contributed by atoms with Crippen LogP contribution < -0.4 is 0 Å². The van der Waals surface area contributed by atoms with Gasteiger partial charge >= 0.3 is 0 Å². The van der Waals surface area contributed by atoms with Crippen LogP contribution in [0.5, 0.6) is 0 Å². The van der Waals surface area contributed by atoms with E-state index in [2.05, 4.69) is 33.0 Å². The highest BCUT2D eigenvalue weighted by Crippen LogP contribution is 2.30. The zero-order valence-corrected chi connectivity index (χ0v) is 12.7. The lowest BCUT2D eigenvalue weighted by atomic mass is 10.0. The van der Waals surface area contributed by atoms with Crippen LogP contribution in [-0.2, 0) is 0 Å². The molecule has 3 rings (SSSR count). The molecule has 0 atom stereocenters. The number of nitriles is 1. The Hall–Kier alpha value is -1.96. The van der Waals surface area contributed by atoms with E-state index < -0.39 is 0 Å². The maximum atomic E-state index is 8.83. The van der Waals surface area contributed by atoms with E-state index >= 15 is 0 Å². The minimum absolute atomic E-state index is 0.661. The van der Waals surface area contributed by atoms with Crippen LogP contribution in [0.15, 0.2) is 52.4 Å². The molecular weight excluding hydrogens is 332 g/mol. The first kappa shape index (κ1) is 13.0. The van der Waals surface area contributed by atoms with Gasteiger partial charge in [-0.1, -0.05) is 30.3 Å². The van der Waals surface area contributed by atoms with E-state index in [4.69, 9.17) is 5.26 Å². The zero-order chi connectivity index (χ0) is 13.9. The fourth-order valence-corrected chi connectivity index (χ4v) is 3.05. The molecular formula is C16H8BrN2S. The third-order valence-electron chi connectivity index (χ3n) is 2.83. The first-order valence-electron chi connectivity index (χ1n) is 5.91. The van der Waals surface area contributed by atoms with Crippen molar-refractivity contribution in [3.8, 4) is 27.8 Å². The van der Waals surface area contributed by atoms with Crippen LogP contribution in [0.1, 0.15) is 5.56 Å². The lowest BCUT2D eigenvalue weighted by Gasteiger charge is -2.03. The van der Waals surface area contributed by atoms with Crippen LogP contribution in [-0.4, -0.2) is 4.98 Å². The summed E-state index contributed by atoms with van der Waals surface area (Å²) < 4.78 is 1.00. The van der Waals surface area contributed by atoms with Crippen molar-refractivity contribution < 1.29 is 0 Å². The zero-order valence-electron chi connectivity index (χ0n) is 10.3. The summed E-state index contributed by atoms with van der Waals surface area (Å²) in [6, 6.07) is 19.0. The number of hydrogen-bond donors (Lipinski definition) is 0. The highest BCUT2D eigenvalue weighted by atomic mass is 79.9. The Balaban J connectivity index is 2.00. The molecule has 0 aliphatic carbocycles. The normalized spacial score (nSPS) is 10.2. The molecule has 0 fully saturated rings. The largest absolute Gasteiger partial charge is 0.243 e. The van der Waals surface area contributed by atoms with Crippen molar-refractivity contribution in [3.63, 3.8) is 0 Å². The van der Waals surface area contributed by atoms with Gasteiger partial charge in [-0.25, -0.2) is 4.98 Å². The predicted molar refractivity (Wildman–Crippen MR) is 84.2 cm³/mol. The monoisotopic (exact) mass is 339 g/mol. The van der Waals surface area contributed by atoms with Gasteiger partial charge < -0.3 is 0 Å². The Bertz CT molecular complexity index is 785. The van der Waals surface area contributed by atoms with E-state index in [1.165, 1.54) is 0 Å². The van der Waals surface area contributed by atoms with Crippen LogP contribution in [0.3, 0.4) is 0 Å². The van der Waals surface area contributed by atoms with Gasteiger partial charge in [-0.2, -0.15) is 5.26 Å². The molecule has 0 saturated heterocycles. The number of benzene rings is 2. The fraction of sp³-hybridized carbons (Fsp3) is 0. The average Bonchev–Trinajstić information content (AvgIpc) is 2.94. The molecule has 4 heteroatoms. The first-order chi connectivity index (χ1) is 9.76. The van der Waals surface area contributed by atoms with E-state index in [0.29, 0.717) is 5.56 Å². The lowest BCUT2D eigenvalue weighted by Crippen LogP contribution is -1.82. The summed E-state index contributed by atoms with van der Waals surface area (Å²) in [7, 11) is 0. The standard InChI is InChI=1S/C16H8BrN2S/c17-15-10-19-16(20-15)14-3-1-2-13(8-14)12-6-4-11(9-18)5-7-12/h1-7,10H. The molecule has 2 nitrogen and oxygen atoms in total. The minimum Gasteiger partial charge on any atom is -0.243 e. The van der Waals surface area contributed by atoms with Crippen molar-refractivity contribution in [2.75, 3.05) is 0 Å². The van der Waals surface area contributed by atoms with Crippen LogP contribution in [0.25, 0.3) is 21.7 Å². The van der Waals surface area contributed by atoms with Crippen LogP contribution in [0, 0.1) is 17.4 Å². The second-order valence-corrected chi connectivity index (χ2v) is 6.55. The highest BCUT2D eigenvalue weighted by Gasteiger charge is 2.06. The quantitative estimate of drug-likeness (QED) is 0.664. The predicted octanol–water partition coefficient (Wildman–Crippen LogP) is 4.91. The molecule has 0 bridgehead atoms.